The van der Waals surface area contributed by atoms with Crippen LogP contribution in [0.4, 0.5) is 0 Å². The standard InChI is InChI=1S/C12H14ClNO4/c1-3-18-11(16)7-14(2)12(17)8-4-5-10(15)9(13)6-8/h4-6,15H,3,7H2,1-2H3. The molecule has 0 bridgehead atoms. The fourth-order valence-electron chi connectivity index (χ4n) is 1.33. The number of phenols is 1. The van der Waals surface area contributed by atoms with Gasteiger partial charge in [-0.25, -0.2) is 0 Å². The van der Waals surface area contributed by atoms with Gasteiger partial charge in [0.1, 0.15) is 12.3 Å². The number of aromatic hydroxyl groups is 1. The molecule has 0 aliphatic carbocycles. The zero-order chi connectivity index (χ0) is 13.7. The van der Waals surface area contributed by atoms with Gasteiger partial charge in [0, 0.05) is 12.6 Å². The molecule has 0 unspecified atom stereocenters. The van der Waals surface area contributed by atoms with E-state index in [0.29, 0.717) is 5.56 Å². The molecule has 0 saturated carbocycles. The van der Waals surface area contributed by atoms with E-state index in [0.717, 1.165) is 0 Å². The van der Waals surface area contributed by atoms with E-state index in [1.54, 1.807) is 6.92 Å². The van der Waals surface area contributed by atoms with Gasteiger partial charge in [-0.3, -0.25) is 9.59 Å². The maximum atomic E-state index is 11.9. The second-order valence-electron chi connectivity index (χ2n) is 3.63. The molecule has 18 heavy (non-hydrogen) atoms. The number of halogens is 1. The van der Waals surface area contributed by atoms with Crippen LogP contribution in [0.3, 0.4) is 0 Å². The Balaban J connectivity index is 2.74. The van der Waals surface area contributed by atoms with Crippen molar-refractivity contribution >= 4 is 23.5 Å². The molecule has 6 heteroatoms. The van der Waals surface area contributed by atoms with Crippen LogP contribution in [0.15, 0.2) is 18.2 Å². The topological polar surface area (TPSA) is 66.8 Å². The molecule has 0 aliphatic rings. The molecule has 1 aromatic rings. The highest BCUT2D eigenvalue weighted by atomic mass is 35.5. The van der Waals surface area contributed by atoms with Crippen molar-refractivity contribution in [2.75, 3.05) is 20.2 Å². The number of ether oxygens (including phenoxy) is 1. The summed E-state index contributed by atoms with van der Waals surface area (Å²) in [6, 6.07) is 4.11. The lowest BCUT2D eigenvalue weighted by Gasteiger charge is -2.16. The van der Waals surface area contributed by atoms with E-state index in [4.69, 9.17) is 16.3 Å². The number of nitrogens with zero attached hydrogens (tertiary/aromatic N) is 1. The van der Waals surface area contributed by atoms with Crippen LogP contribution in [0, 0.1) is 0 Å². The first-order valence-corrected chi connectivity index (χ1v) is 5.73. The minimum absolute atomic E-state index is 0.0883. The Hall–Kier alpha value is -1.75. The summed E-state index contributed by atoms with van der Waals surface area (Å²) < 4.78 is 4.74. The van der Waals surface area contributed by atoms with Gasteiger partial charge in [-0.1, -0.05) is 11.6 Å². The molecule has 0 heterocycles. The molecule has 1 rings (SSSR count). The molecule has 0 saturated heterocycles. The zero-order valence-electron chi connectivity index (χ0n) is 10.1. The van der Waals surface area contributed by atoms with Crippen LogP contribution in [0.2, 0.25) is 5.02 Å². The molecule has 1 amide bonds. The summed E-state index contributed by atoms with van der Waals surface area (Å²) in [5.41, 5.74) is 0.296. The number of carbonyl (C=O) groups excluding carboxylic acids is 2. The summed E-state index contributed by atoms with van der Waals surface area (Å²) in [6.45, 7) is 1.83. The number of esters is 1. The van der Waals surface area contributed by atoms with E-state index in [2.05, 4.69) is 0 Å². The summed E-state index contributed by atoms with van der Waals surface area (Å²) in [6.07, 6.45) is 0. The molecule has 5 nitrogen and oxygen atoms in total. The summed E-state index contributed by atoms with van der Waals surface area (Å²) in [4.78, 5) is 24.4. The number of amides is 1. The fraction of sp³-hybridized carbons (Fsp3) is 0.333. The van der Waals surface area contributed by atoms with Crippen LogP contribution in [0.5, 0.6) is 5.75 Å². The number of hydrogen-bond acceptors (Lipinski definition) is 4. The third-order valence-electron chi connectivity index (χ3n) is 2.21. The lowest BCUT2D eigenvalue weighted by atomic mass is 10.2. The lowest BCUT2D eigenvalue weighted by Crippen LogP contribution is -2.33. The summed E-state index contributed by atoms with van der Waals surface area (Å²) in [7, 11) is 1.49. The van der Waals surface area contributed by atoms with Crippen molar-refractivity contribution in [1.29, 1.82) is 0 Å². The number of carbonyl (C=O) groups is 2. The Morgan fingerprint density at radius 3 is 2.67 bits per heavy atom. The van der Waals surface area contributed by atoms with Crippen LogP contribution < -0.4 is 0 Å². The quantitative estimate of drug-likeness (QED) is 0.846. The van der Waals surface area contributed by atoms with Crippen molar-refractivity contribution in [3.8, 4) is 5.75 Å². The Kier molecular flexibility index (Phi) is 4.97. The van der Waals surface area contributed by atoms with E-state index < -0.39 is 5.97 Å². The van der Waals surface area contributed by atoms with Gasteiger partial charge in [0.2, 0.25) is 0 Å². The van der Waals surface area contributed by atoms with Gasteiger partial charge in [-0.15, -0.1) is 0 Å². The van der Waals surface area contributed by atoms with Gasteiger partial charge in [0.15, 0.2) is 0 Å². The predicted molar refractivity (Wildman–Crippen MR) is 66.7 cm³/mol. The van der Waals surface area contributed by atoms with Gasteiger partial charge in [0.05, 0.1) is 11.6 Å². The number of benzene rings is 1. The first-order valence-electron chi connectivity index (χ1n) is 5.35. The predicted octanol–water partition coefficient (Wildman–Crippen LogP) is 1.68. The van der Waals surface area contributed by atoms with Crippen molar-refractivity contribution in [3.05, 3.63) is 28.8 Å². The second kappa shape index (κ2) is 6.26. The number of likely N-dealkylation sites (N-methyl/N-ethyl adjacent to an activating group) is 1. The number of rotatable bonds is 4. The Labute approximate surface area is 110 Å². The van der Waals surface area contributed by atoms with Crippen LogP contribution >= 0.6 is 11.6 Å². The Morgan fingerprint density at radius 2 is 2.11 bits per heavy atom. The van der Waals surface area contributed by atoms with Crippen LogP contribution in [-0.2, 0) is 9.53 Å². The average Bonchev–Trinajstić information content (AvgIpc) is 2.32. The summed E-state index contributed by atoms with van der Waals surface area (Å²) in [5.74, 6) is -0.940. The first-order chi connectivity index (χ1) is 8.45. The molecule has 0 aliphatic heterocycles. The second-order valence-corrected chi connectivity index (χ2v) is 4.04. The molecule has 1 aromatic carbocycles. The Bertz CT molecular complexity index is 461. The van der Waals surface area contributed by atoms with Crippen molar-refractivity contribution < 1.29 is 19.4 Å². The smallest absolute Gasteiger partial charge is 0.325 e. The maximum Gasteiger partial charge on any atom is 0.325 e. The van der Waals surface area contributed by atoms with E-state index in [1.807, 2.05) is 0 Å². The van der Waals surface area contributed by atoms with Gasteiger partial charge in [-0.05, 0) is 25.1 Å². The average molecular weight is 272 g/mol. The van der Waals surface area contributed by atoms with Crippen molar-refractivity contribution in [1.82, 2.24) is 4.90 Å². The minimum atomic E-state index is -0.474. The molecule has 0 radical (unpaired) electrons. The van der Waals surface area contributed by atoms with Gasteiger partial charge < -0.3 is 14.7 Å². The molecule has 0 aromatic heterocycles. The van der Waals surface area contributed by atoms with E-state index >= 15 is 0 Å². The number of hydrogen-bond donors (Lipinski definition) is 1. The van der Waals surface area contributed by atoms with Gasteiger partial charge >= 0.3 is 5.97 Å². The largest absolute Gasteiger partial charge is 0.506 e. The van der Waals surface area contributed by atoms with E-state index in [9.17, 15) is 14.7 Å². The number of phenolic OH excluding ortho intramolecular Hbond substituents is 1. The van der Waals surface area contributed by atoms with E-state index in [-0.39, 0.29) is 29.8 Å². The highest BCUT2D eigenvalue weighted by Crippen LogP contribution is 2.24. The molecular formula is C12H14ClNO4. The Morgan fingerprint density at radius 1 is 1.44 bits per heavy atom. The third kappa shape index (κ3) is 3.63. The molecule has 98 valence electrons. The monoisotopic (exact) mass is 271 g/mol. The maximum absolute atomic E-state index is 11.9. The third-order valence-corrected chi connectivity index (χ3v) is 2.52. The first kappa shape index (κ1) is 14.3. The van der Waals surface area contributed by atoms with Crippen LogP contribution in [0.1, 0.15) is 17.3 Å². The zero-order valence-corrected chi connectivity index (χ0v) is 10.9. The van der Waals surface area contributed by atoms with Gasteiger partial charge in [-0.2, -0.15) is 0 Å². The lowest BCUT2D eigenvalue weighted by molar-refractivity contribution is -0.143. The molecule has 0 spiro atoms. The normalized spacial score (nSPS) is 9.94. The van der Waals surface area contributed by atoms with Crippen molar-refractivity contribution in [3.63, 3.8) is 0 Å². The summed E-state index contributed by atoms with van der Waals surface area (Å²) >= 11 is 5.71. The minimum Gasteiger partial charge on any atom is -0.506 e. The van der Waals surface area contributed by atoms with E-state index in [1.165, 1.54) is 30.1 Å². The van der Waals surface area contributed by atoms with Crippen LogP contribution in [-0.4, -0.2) is 42.1 Å². The highest BCUT2D eigenvalue weighted by Gasteiger charge is 2.16. The fourth-order valence-corrected chi connectivity index (χ4v) is 1.51. The molecule has 1 N–H and O–H groups in total. The highest BCUT2D eigenvalue weighted by molar-refractivity contribution is 6.32. The van der Waals surface area contributed by atoms with Crippen molar-refractivity contribution in [2.24, 2.45) is 0 Å². The van der Waals surface area contributed by atoms with Crippen LogP contribution in [0.25, 0.3) is 0 Å². The summed E-state index contributed by atoms with van der Waals surface area (Å²) in [5, 5.41) is 9.34. The van der Waals surface area contributed by atoms with Crippen molar-refractivity contribution in [2.45, 2.75) is 6.92 Å². The SMILES string of the molecule is CCOC(=O)CN(C)C(=O)c1ccc(O)c(Cl)c1. The molecule has 0 atom stereocenters. The molecule has 0 fully saturated rings. The molecular weight excluding hydrogens is 258 g/mol. The van der Waals surface area contributed by atoms with Gasteiger partial charge in [0.25, 0.3) is 5.91 Å².